The van der Waals surface area contributed by atoms with Crippen LogP contribution in [0.1, 0.15) is 26.7 Å². The van der Waals surface area contributed by atoms with Gasteiger partial charge in [0.15, 0.2) is 0 Å². The molecule has 0 aromatic carbocycles. The minimum Gasteiger partial charge on any atom is -0.478 e. The van der Waals surface area contributed by atoms with Crippen molar-refractivity contribution < 1.29 is 27.9 Å². The van der Waals surface area contributed by atoms with Gasteiger partial charge in [0.2, 0.25) is 0 Å². The van der Waals surface area contributed by atoms with Crippen molar-refractivity contribution in [3.05, 3.63) is 11.1 Å². The van der Waals surface area contributed by atoms with E-state index in [-0.39, 0.29) is 28.7 Å². The Hall–Kier alpha value is -1.90. The predicted molar refractivity (Wildman–Crippen MR) is 74.4 cm³/mol. The highest BCUT2D eigenvalue weighted by Gasteiger charge is 2.25. The number of imide groups is 1. The second kappa shape index (κ2) is 6.70. The summed E-state index contributed by atoms with van der Waals surface area (Å²) < 4.78 is 22.5. The minimum atomic E-state index is -3.02. The van der Waals surface area contributed by atoms with Gasteiger partial charge in [-0.15, -0.1) is 0 Å². The number of nitrogens with one attached hydrogen (secondary N) is 2. The highest BCUT2D eigenvalue weighted by atomic mass is 32.2. The average Bonchev–Trinajstić information content (AvgIpc) is 2.39. The van der Waals surface area contributed by atoms with Gasteiger partial charge < -0.3 is 10.4 Å². The summed E-state index contributed by atoms with van der Waals surface area (Å²) in [6.07, 6.45) is 0.597. The molecule has 8 nitrogen and oxygen atoms in total. The molecule has 1 heterocycles. The summed E-state index contributed by atoms with van der Waals surface area (Å²) in [5.74, 6) is -2.03. The summed E-state index contributed by atoms with van der Waals surface area (Å²) in [6.45, 7) is 2.57. The molecule has 21 heavy (non-hydrogen) atoms. The molecular formula is C12H18N2O6S. The smallest absolute Gasteiger partial charge is 0.331 e. The lowest BCUT2D eigenvalue weighted by Crippen LogP contribution is -2.47. The van der Waals surface area contributed by atoms with Crippen molar-refractivity contribution in [2.24, 2.45) is 0 Å². The Morgan fingerprint density at radius 3 is 2.05 bits per heavy atom. The Balaban J connectivity index is 2.53. The Morgan fingerprint density at radius 1 is 1.05 bits per heavy atom. The number of aliphatic carboxylic acids is 1. The van der Waals surface area contributed by atoms with Crippen LogP contribution in [0, 0.1) is 0 Å². The van der Waals surface area contributed by atoms with Gasteiger partial charge in [0, 0.05) is 17.2 Å². The van der Waals surface area contributed by atoms with E-state index in [0.29, 0.717) is 12.8 Å². The van der Waals surface area contributed by atoms with Gasteiger partial charge >= 0.3 is 12.0 Å². The van der Waals surface area contributed by atoms with Gasteiger partial charge in [-0.05, 0) is 26.7 Å². The molecule has 0 aromatic heterocycles. The Labute approximate surface area is 122 Å². The van der Waals surface area contributed by atoms with Gasteiger partial charge in [0.25, 0.3) is 5.91 Å². The number of rotatable bonds is 3. The van der Waals surface area contributed by atoms with E-state index < -0.39 is 27.7 Å². The molecule has 3 amide bonds. The molecule has 3 N–H and O–H groups in total. The van der Waals surface area contributed by atoms with Gasteiger partial charge in [-0.25, -0.2) is 18.0 Å². The molecular weight excluding hydrogens is 300 g/mol. The SMILES string of the molecule is CC(C(=O)O)=C(C)C(=O)NC(=O)NC1CCS(=O)(=O)CC1. The molecule has 0 spiro atoms. The van der Waals surface area contributed by atoms with E-state index in [4.69, 9.17) is 5.11 Å². The van der Waals surface area contributed by atoms with Crippen LogP contribution in [-0.4, -0.2) is 49.0 Å². The van der Waals surface area contributed by atoms with Crippen molar-refractivity contribution in [1.82, 2.24) is 10.6 Å². The third kappa shape index (κ3) is 5.18. The third-order valence-corrected chi connectivity index (χ3v) is 5.06. The first-order chi connectivity index (χ1) is 9.62. The van der Waals surface area contributed by atoms with Gasteiger partial charge in [-0.3, -0.25) is 10.1 Å². The lowest BCUT2D eigenvalue weighted by atomic mass is 10.1. The lowest BCUT2D eigenvalue weighted by molar-refractivity contribution is -0.133. The first-order valence-corrected chi connectivity index (χ1v) is 8.17. The lowest BCUT2D eigenvalue weighted by Gasteiger charge is -2.22. The molecule has 0 radical (unpaired) electrons. The van der Waals surface area contributed by atoms with Gasteiger partial charge in [-0.1, -0.05) is 0 Å². The molecule has 1 fully saturated rings. The van der Waals surface area contributed by atoms with Crippen LogP contribution in [0.4, 0.5) is 4.79 Å². The fourth-order valence-electron chi connectivity index (χ4n) is 1.78. The van der Waals surface area contributed by atoms with E-state index in [0.717, 1.165) is 0 Å². The second-order valence-electron chi connectivity index (χ2n) is 4.91. The normalized spacial score (nSPS) is 19.3. The molecule has 0 aromatic rings. The van der Waals surface area contributed by atoms with Crippen LogP contribution in [-0.2, 0) is 19.4 Å². The largest absolute Gasteiger partial charge is 0.478 e. The maximum absolute atomic E-state index is 11.7. The van der Waals surface area contributed by atoms with E-state index in [2.05, 4.69) is 5.32 Å². The number of urea groups is 1. The minimum absolute atomic E-state index is 0.00292. The molecule has 1 rings (SSSR count). The Bertz CT molecular complexity index is 579. The number of carboxylic acid groups (broad SMARTS) is 1. The van der Waals surface area contributed by atoms with E-state index in [9.17, 15) is 22.8 Å². The first-order valence-electron chi connectivity index (χ1n) is 6.35. The van der Waals surface area contributed by atoms with Gasteiger partial charge in [0.05, 0.1) is 11.5 Å². The molecule has 0 saturated carbocycles. The summed E-state index contributed by atoms with van der Waals surface area (Å²) in [6, 6.07) is -1.08. The highest BCUT2D eigenvalue weighted by Crippen LogP contribution is 2.12. The zero-order valence-electron chi connectivity index (χ0n) is 11.8. The average molecular weight is 318 g/mol. The standard InChI is InChI=1S/C12H18N2O6S/c1-7(8(2)11(16)17)10(15)14-12(18)13-9-3-5-21(19,20)6-4-9/h9H,3-6H2,1-2H3,(H,16,17)(H2,13,14,15,18). The predicted octanol–water partition coefficient (Wildman–Crippen LogP) is -0.190. The molecule has 0 bridgehead atoms. The van der Waals surface area contributed by atoms with E-state index in [1.807, 2.05) is 5.32 Å². The number of hydrogen-bond acceptors (Lipinski definition) is 5. The number of sulfone groups is 1. The number of amides is 3. The number of carboxylic acids is 1. The molecule has 1 aliphatic rings. The summed E-state index contributed by atoms with van der Waals surface area (Å²) >= 11 is 0. The van der Waals surface area contributed by atoms with Crippen molar-refractivity contribution in [3.63, 3.8) is 0 Å². The van der Waals surface area contributed by atoms with Crippen molar-refractivity contribution in [2.75, 3.05) is 11.5 Å². The molecule has 1 saturated heterocycles. The highest BCUT2D eigenvalue weighted by molar-refractivity contribution is 7.91. The van der Waals surface area contributed by atoms with Crippen molar-refractivity contribution in [1.29, 1.82) is 0 Å². The number of carbonyl (C=O) groups is 3. The van der Waals surface area contributed by atoms with Gasteiger partial charge in [-0.2, -0.15) is 0 Å². The van der Waals surface area contributed by atoms with Crippen LogP contribution in [0.5, 0.6) is 0 Å². The molecule has 118 valence electrons. The summed E-state index contributed by atoms with van der Waals surface area (Å²) in [7, 11) is -3.02. The maximum atomic E-state index is 11.7. The Kier molecular flexibility index (Phi) is 5.47. The molecule has 9 heteroatoms. The van der Waals surface area contributed by atoms with Crippen LogP contribution >= 0.6 is 0 Å². The van der Waals surface area contributed by atoms with Gasteiger partial charge in [0.1, 0.15) is 9.84 Å². The molecule has 1 aliphatic heterocycles. The zero-order valence-corrected chi connectivity index (χ0v) is 12.6. The molecule has 0 aliphatic carbocycles. The van der Waals surface area contributed by atoms with Crippen molar-refractivity contribution in [3.8, 4) is 0 Å². The Morgan fingerprint density at radius 2 is 1.57 bits per heavy atom. The maximum Gasteiger partial charge on any atom is 0.331 e. The summed E-state index contributed by atoms with van der Waals surface area (Å²) in [5, 5.41) is 13.3. The van der Waals surface area contributed by atoms with Crippen molar-refractivity contribution >= 4 is 27.7 Å². The van der Waals surface area contributed by atoms with E-state index >= 15 is 0 Å². The molecule has 0 atom stereocenters. The number of carbonyl (C=O) groups excluding carboxylic acids is 2. The monoisotopic (exact) mass is 318 g/mol. The van der Waals surface area contributed by atoms with Crippen LogP contribution in [0.2, 0.25) is 0 Å². The summed E-state index contributed by atoms with van der Waals surface area (Å²) in [5.41, 5.74) is -0.215. The second-order valence-corrected chi connectivity index (χ2v) is 7.21. The topological polar surface area (TPSA) is 130 Å². The fourth-order valence-corrected chi connectivity index (χ4v) is 3.27. The zero-order chi connectivity index (χ0) is 16.2. The number of hydrogen-bond donors (Lipinski definition) is 3. The van der Waals surface area contributed by atoms with Crippen LogP contribution in [0.3, 0.4) is 0 Å². The van der Waals surface area contributed by atoms with Crippen LogP contribution in [0.25, 0.3) is 0 Å². The molecule has 0 unspecified atom stereocenters. The van der Waals surface area contributed by atoms with Crippen LogP contribution < -0.4 is 10.6 Å². The summed E-state index contributed by atoms with van der Waals surface area (Å²) in [4.78, 5) is 34.0. The van der Waals surface area contributed by atoms with E-state index in [1.165, 1.54) is 13.8 Å². The first kappa shape index (κ1) is 17.2. The van der Waals surface area contributed by atoms with Crippen LogP contribution in [0.15, 0.2) is 11.1 Å². The third-order valence-electron chi connectivity index (χ3n) is 3.34. The quantitative estimate of drug-likeness (QED) is 0.618. The van der Waals surface area contributed by atoms with E-state index in [1.54, 1.807) is 0 Å². The van der Waals surface area contributed by atoms with Crippen molar-refractivity contribution in [2.45, 2.75) is 32.7 Å². The fraction of sp³-hybridized carbons (Fsp3) is 0.583.